The zero-order valence-corrected chi connectivity index (χ0v) is 22.3. The van der Waals surface area contributed by atoms with Crippen LogP contribution in [0.2, 0.25) is 0 Å². The van der Waals surface area contributed by atoms with Crippen molar-refractivity contribution in [2.75, 3.05) is 5.32 Å². The number of hydrogen-bond acceptors (Lipinski definition) is 4. The van der Waals surface area contributed by atoms with E-state index in [1.165, 1.54) is 0 Å². The summed E-state index contributed by atoms with van der Waals surface area (Å²) < 4.78 is 41.6. The summed E-state index contributed by atoms with van der Waals surface area (Å²) >= 11 is 0. The molecule has 1 heterocycles. The molecule has 0 bridgehead atoms. The van der Waals surface area contributed by atoms with Gasteiger partial charge in [-0.3, -0.25) is 9.59 Å². The molecule has 4 rings (SSSR count). The molecule has 40 heavy (non-hydrogen) atoms. The van der Waals surface area contributed by atoms with Gasteiger partial charge in [0, 0.05) is 23.7 Å². The van der Waals surface area contributed by atoms with Gasteiger partial charge in [0.15, 0.2) is 5.69 Å². The summed E-state index contributed by atoms with van der Waals surface area (Å²) in [5.41, 5.74) is 6.34. The quantitative estimate of drug-likeness (QED) is 0.269. The van der Waals surface area contributed by atoms with Crippen LogP contribution in [-0.2, 0) is 17.5 Å². The van der Waals surface area contributed by atoms with E-state index in [1.807, 2.05) is 51.1 Å². The van der Waals surface area contributed by atoms with Crippen LogP contribution in [0.25, 0.3) is 5.69 Å². The largest absolute Gasteiger partial charge is 0.435 e. The Labute approximate surface area is 230 Å². The van der Waals surface area contributed by atoms with Crippen molar-refractivity contribution >= 4 is 17.5 Å². The molecule has 0 aliphatic carbocycles. The molecule has 1 atom stereocenters. The van der Waals surface area contributed by atoms with E-state index in [0.29, 0.717) is 22.9 Å². The van der Waals surface area contributed by atoms with Crippen LogP contribution in [0, 0.1) is 5.41 Å². The minimum atomic E-state index is -4.75. The van der Waals surface area contributed by atoms with Gasteiger partial charge in [0.05, 0.1) is 11.7 Å². The standard InChI is InChI=1S/C30H30F3N5O2/c1-29(2,3)28(40)36-26(20-10-5-4-6-11-20)21-12-8-13-22(16-21)35-27(39)24-17-25(30(31,32)33)37-38(24)23-14-7-9-19(15-23)18-34/h4-17,26H,18,34H2,1-3H3,(H,35,39)(H,36,40). The van der Waals surface area contributed by atoms with Gasteiger partial charge in [-0.05, 0) is 41.0 Å². The highest BCUT2D eigenvalue weighted by Crippen LogP contribution is 2.31. The van der Waals surface area contributed by atoms with Gasteiger partial charge in [0.2, 0.25) is 5.91 Å². The molecule has 0 saturated heterocycles. The normalized spacial score (nSPS) is 12.6. The van der Waals surface area contributed by atoms with Crippen molar-refractivity contribution in [3.05, 3.63) is 113 Å². The minimum Gasteiger partial charge on any atom is -0.345 e. The lowest BCUT2D eigenvalue weighted by Gasteiger charge is -2.25. The molecule has 0 saturated carbocycles. The van der Waals surface area contributed by atoms with Crippen LogP contribution in [0.4, 0.5) is 18.9 Å². The predicted octanol–water partition coefficient (Wildman–Crippen LogP) is 5.85. The van der Waals surface area contributed by atoms with Crippen LogP contribution in [0.15, 0.2) is 84.9 Å². The fraction of sp³-hybridized carbons (Fsp3) is 0.233. The number of amides is 2. The maximum atomic E-state index is 13.6. The Balaban J connectivity index is 1.69. The van der Waals surface area contributed by atoms with Crippen molar-refractivity contribution in [1.29, 1.82) is 0 Å². The molecule has 7 nitrogen and oxygen atoms in total. The lowest BCUT2D eigenvalue weighted by molar-refractivity contribution is -0.141. The van der Waals surface area contributed by atoms with Gasteiger partial charge >= 0.3 is 6.18 Å². The van der Waals surface area contributed by atoms with Gasteiger partial charge in [0.25, 0.3) is 5.91 Å². The van der Waals surface area contributed by atoms with Crippen molar-refractivity contribution in [3.63, 3.8) is 0 Å². The first-order chi connectivity index (χ1) is 18.9. The second kappa shape index (κ2) is 11.4. The summed E-state index contributed by atoms with van der Waals surface area (Å²) in [5.74, 6) is -0.952. The van der Waals surface area contributed by atoms with Crippen molar-refractivity contribution in [2.24, 2.45) is 11.1 Å². The maximum absolute atomic E-state index is 13.6. The number of halogens is 3. The zero-order chi connectivity index (χ0) is 29.1. The van der Waals surface area contributed by atoms with Gasteiger partial charge in [-0.15, -0.1) is 0 Å². The number of rotatable bonds is 7. The van der Waals surface area contributed by atoms with E-state index in [2.05, 4.69) is 15.7 Å². The second-order valence-corrected chi connectivity index (χ2v) is 10.3. The topological polar surface area (TPSA) is 102 Å². The van der Waals surface area contributed by atoms with Crippen LogP contribution >= 0.6 is 0 Å². The number of anilines is 1. The van der Waals surface area contributed by atoms with Crippen LogP contribution in [0.1, 0.15) is 59.7 Å². The third-order valence-electron chi connectivity index (χ3n) is 6.19. The fourth-order valence-corrected chi connectivity index (χ4v) is 4.04. The van der Waals surface area contributed by atoms with E-state index in [-0.39, 0.29) is 23.8 Å². The summed E-state index contributed by atoms with van der Waals surface area (Å²) in [4.78, 5) is 26.2. The number of carbonyl (C=O) groups is 2. The molecule has 4 N–H and O–H groups in total. The molecule has 0 fully saturated rings. The monoisotopic (exact) mass is 549 g/mol. The SMILES string of the molecule is CC(C)(C)C(=O)NC(c1ccccc1)c1cccc(NC(=O)c2cc(C(F)(F)F)nn2-c2cccc(CN)c2)c1. The summed E-state index contributed by atoms with van der Waals surface area (Å²) in [5, 5.41) is 9.42. The van der Waals surface area contributed by atoms with E-state index < -0.39 is 29.2 Å². The van der Waals surface area contributed by atoms with Gasteiger partial charge in [-0.25, -0.2) is 4.68 Å². The Kier molecular flexibility index (Phi) is 8.11. The average Bonchev–Trinajstić information content (AvgIpc) is 3.38. The van der Waals surface area contributed by atoms with Crippen molar-refractivity contribution in [2.45, 2.75) is 39.5 Å². The van der Waals surface area contributed by atoms with Gasteiger partial charge in [-0.1, -0.05) is 75.4 Å². The zero-order valence-electron chi connectivity index (χ0n) is 22.3. The number of benzene rings is 3. The Bertz CT molecular complexity index is 1510. The molecular weight excluding hydrogens is 519 g/mol. The summed E-state index contributed by atoms with van der Waals surface area (Å²) in [6.07, 6.45) is -4.75. The second-order valence-electron chi connectivity index (χ2n) is 10.3. The highest BCUT2D eigenvalue weighted by Gasteiger charge is 2.36. The molecule has 0 aliphatic heterocycles. The maximum Gasteiger partial charge on any atom is 0.435 e. The lowest BCUT2D eigenvalue weighted by Crippen LogP contribution is -2.37. The number of carbonyl (C=O) groups excluding carboxylic acids is 2. The third kappa shape index (κ3) is 6.58. The molecule has 1 aromatic heterocycles. The van der Waals surface area contributed by atoms with Crippen molar-refractivity contribution in [3.8, 4) is 5.69 Å². The lowest BCUT2D eigenvalue weighted by atomic mass is 9.92. The molecule has 2 amide bonds. The molecule has 4 aromatic rings. The Hall–Kier alpha value is -4.44. The molecule has 208 valence electrons. The first kappa shape index (κ1) is 28.6. The van der Waals surface area contributed by atoms with Crippen molar-refractivity contribution < 1.29 is 22.8 Å². The molecule has 0 aliphatic rings. The summed E-state index contributed by atoms with van der Waals surface area (Å²) in [6, 6.07) is 22.8. The fourth-order valence-electron chi connectivity index (χ4n) is 4.04. The number of nitrogens with one attached hydrogen (secondary N) is 2. The Morgan fingerprint density at radius 1 is 0.900 bits per heavy atom. The number of hydrogen-bond donors (Lipinski definition) is 3. The predicted molar refractivity (Wildman–Crippen MR) is 147 cm³/mol. The smallest absolute Gasteiger partial charge is 0.345 e. The highest BCUT2D eigenvalue weighted by atomic mass is 19.4. The summed E-state index contributed by atoms with van der Waals surface area (Å²) in [7, 11) is 0. The van der Waals surface area contributed by atoms with E-state index in [1.54, 1.807) is 48.5 Å². The van der Waals surface area contributed by atoms with Crippen LogP contribution < -0.4 is 16.4 Å². The number of nitrogens with two attached hydrogens (primary N) is 1. The number of nitrogens with zero attached hydrogens (tertiary/aromatic N) is 2. The van der Waals surface area contributed by atoms with E-state index in [0.717, 1.165) is 10.2 Å². The average molecular weight is 550 g/mol. The van der Waals surface area contributed by atoms with E-state index >= 15 is 0 Å². The van der Waals surface area contributed by atoms with Crippen LogP contribution in [-0.4, -0.2) is 21.6 Å². The van der Waals surface area contributed by atoms with Gasteiger partial charge in [0.1, 0.15) is 5.69 Å². The van der Waals surface area contributed by atoms with Crippen LogP contribution in [0.5, 0.6) is 0 Å². The Morgan fingerprint density at radius 2 is 1.57 bits per heavy atom. The Morgan fingerprint density at radius 3 is 2.23 bits per heavy atom. The van der Waals surface area contributed by atoms with Crippen molar-refractivity contribution in [1.82, 2.24) is 15.1 Å². The number of aromatic nitrogens is 2. The van der Waals surface area contributed by atoms with E-state index in [9.17, 15) is 22.8 Å². The molecule has 0 spiro atoms. The third-order valence-corrected chi connectivity index (χ3v) is 6.19. The molecular formula is C30H30F3N5O2. The molecule has 3 aromatic carbocycles. The first-order valence-corrected chi connectivity index (χ1v) is 12.6. The van der Waals surface area contributed by atoms with Gasteiger partial charge < -0.3 is 16.4 Å². The first-order valence-electron chi connectivity index (χ1n) is 12.6. The van der Waals surface area contributed by atoms with Gasteiger partial charge in [-0.2, -0.15) is 18.3 Å². The van der Waals surface area contributed by atoms with E-state index in [4.69, 9.17) is 5.73 Å². The highest BCUT2D eigenvalue weighted by molar-refractivity contribution is 6.03. The summed E-state index contributed by atoms with van der Waals surface area (Å²) in [6.45, 7) is 5.59. The number of alkyl halides is 3. The molecule has 10 heteroatoms. The van der Waals surface area contributed by atoms with Crippen LogP contribution in [0.3, 0.4) is 0 Å². The molecule has 0 radical (unpaired) electrons. The molecule has 1 unspecified atom stereocenters. The minimum absolute atomic E-state index is 0.168.